The predicted molar refractivity (Wildman–Crippen MR) is 117 cm³/mol. The SMILES string of the molecule is CCc1nncn1CCNC(=NCc1cccs1)NC(C)c1ccc(OC)c(F)c1. The van der Waals surface area contributed by atoms with Crippen molar-refractivity contribution >= 4 is 17.3 Å². The van der Waals surface area contributed by atoms with Gasteiger partial charge in [-0.05, 0) is 36.1 Å². The number of hydrogen-bond acceptors (Lipinski definition) is 5. The van der Waals surface area contributed by atoms with Crippen molar-refractivity contribution in [2.24, 2.45) is 4.99 Å². The summed E-state index contributed by atoms with van der Waals surface area (Å²) in [7, 11) is 1.46. The van der Waals surface area contributed by atoms with E-state index < -0.39 is 0 Å². The van der Waals surface area contributed by atoms with Crippen molar-refractivity contribution in [2.45, 2.75) is 39.4 Å². The van der Waals surface area contributed by atoms with Gasteiger partial charge in [-0.15, -0.1) is 21.5 Å². The van der Waals surface area contributed by atoms with Crippen molar-refractivity contribution in [2.75, 3.05) is 13.7 Å². The molecule has 9 heteroatoms. The monoisotopic (exact) mass is 430 g/mol. The van der Waals surface area contributed by atoms with Crippen LogP contribution in [0.2, 0.25) is 0 Å². The number of halogens is 1. The zero-order valence-corrected chi connectivity index (χ0v) is 18.2. The summed E-state index contributed by atoms with van der Waals surface area (Å²) in [5.41, 5.74) is 0.811. The van der Waals surface area contributed by atoms with Crippen LogP contribution in [0.1, 0.15) is 36.2 Å². The van der Waals surface area contributed by atoms with Crippen LogP contribution in [0.4, 0.5) is 4.39 Å². The third kappa shape index (κ3) is 5.79. The fourth-order valence-corrected chi connectivity index (χ4v) is 3.61. The Balaban J connectivity index is 1.67. The van der Waals surface area contributed by atoms with Crippen molar-refractivity contribution in [1.82, 2.24) is 25.4 Å². The summed E-state index contributed by atoms with van der Waals surface area (Å²) in [4.78, 5) is 5.87. The molecule has 1 atom stereocenters. The normalized spacial score (nSPS) is 12.6. The molecule has 0 amide bonds. The number of methoxy groups -OCH3 is 1. The highest BCUT2D eigenvalue weighted by molar-refractivity contribution is 7.09. The zero-order valence-electron chi connectivity index (χ0n) is 17.4. The van der Waals surface area contributed by atoms with E-state index in [1.54, 1.807) is 23.7 Å². The Morgan fingerprint density at radius 3 is 2.93 bits per heavy atom. The fraction of sp³-hybridized carbons (Fsp3) is 0.381. The maximum Gasteiger partial charge on any atom is 0.192 e. The summed E-state index contributed by atoms with van der Waals surface area (Å²) in [5.74, 6) is 1.46. The minimum absolute atomic E-state index is 0.138. The Kier molecular flexibility index (Phi) is 7.78. The van der Waals surface area contributed by atoms with E-state index in [9.17, 15) is 4.39 Å². The Morgan fingerprint density at radius 2 is 2.23 bits per heavy atom. The van der Waals surface area contributed by atoms with Crippen LogP contribution >= 0.6 is 11.3 Å². The summed E-state index contributed by atoms with van der Waals surface area (Å²) in [6.45, 7) is 5.98. The van der Waals surface area contributed by atoms with Crippen LogP contribution in [-0.4, -0.2) is 34.4 Å². The second kappa shape index (κ2) is 10.7. The van der Waals surface area contributed by atoms with E-state index >= 15 is 0 Å². The van der Waals surface area contributed by atoms with Gasteiger partial charge in [-0.1, -0.05) is 19.1 Å². The highest BCUT2D eigenvalue weighted by atomic mass is 32.1. The highest BCUT2D eigenvalue weighted by Gasteiger charge is 2.12. The number of guanidine groups is 1. The molecule has 0 radical (unpaired) electrons. The minimum atomic E-state index is -0.381. The number of aromatic nitrogens is 3. The van der Waals surface area contributed by atoms with Crippen LogP contribution < -0.4 is 15.4 Å². The van der Waals surface area contributed by atoms with E-state index in [1.165, 1.54) is 18.1 Å². The van der Waals surface area contributed by atoms with Gasteiger partial charge >= 0.3 is 0 Å². The first-order chi connectivity index (χ1) is 14.6. The Bertz CT molecular complexity index is 956. The Morgan fingerprint density at radius 1 is 1.37 bits per heavy atom. The first-order valence-electron chi connectivity index (χ1n) is 9.88. The van der Waals surface area contributed by atoms with Gasteiger partial charge in [0.1, 0.15) is 12.2 Å². The Labute approximate surface area is 180 Å². The van der Waals surface area contributed by atoms with Crippen LogP contribution in [0.25, 0.3) is 0 Å². The molecule has 0 saturated carbocycles. The van der Waals surface area contributed by atoms with E-state index in [2.05, 4.69) is 33.8 Å². The molecule has 3 aromatic rings. The number of ether oxygens (including phenoxy) is 1. The third-order valence-corrected chi connectivity index (χ3v) is 5.52. The summed E-state index contributed by atoms with van der Waals surface area (Å²) in [5, 5.41) is 16.8. The number of aryl methyl sites for hydroxylation is 1. The number of thiophene rings is 1. The molecular formula is C21H27FN6OS. The molecule has 2 N–H and O–H groups in total. The molecule has 7 nitrogen and oxygen atoms in total. The van der Waals surface area contributed by atoms with Crippen molar-refractivity contribution in [1.29, 1.82) is 0 Å². The summed E-state index contributed by atoms with van der Waals surface area (Å²) >= 11 is 1.67. The zero-order chi connectivity index (χ0) is 21.3. The molecule has 0 saturated heterocycles. The molecule has 3 rings (SSSR count). The lowest BCUT2D eigenvalue weighted by Crippen LogP contribution is -2.40. The van der Waals surface area contributed by atoms with Crippen LogP contribution in [-0.2, 0) is 19.5 Å². The molecule has 0 fully saturated rings. The van der Waals surface area contributed by atoms with Gasteiger partial charge < -0.3 is 19.9 Å². The lowest BCUT2D eigenvalue weighted by molar-refractivity contribution is 0.386. The van der Waals surface area contributed by atoms with Gasteiger partial charge in [-0.25, -0.2) is 9.38 Å². The van der Waals surface area contributed by atoms with Crippen molar-refractivity contribution in [3.8, 4) is 5.75 Å². The van der Waals surface area contributed by atoms with Gasteiger partial charge in [0, 0.05) is 24.4 Å². The minimum Gasteiger partial charge on any atom is -0.494 e. The van der Waals surface area contributed by atoms with E-state index in [-0.39, 0.29) is 17.6 Å². The van der Waals surface area contributed by atoms with Crippen molar-refractivity contribution in [3.63, 3.8) is 0 Å². The topological polar surface area (TPSA) is 76.4 Å². The quantitative estimate of drug-likeness (QED) is 0.401. The summed E-state index contributed by atoms with van der Waals surface area (Å²) in [6.07, 6.45) is 2.57. The molecule has 0 aliphatic carbocycles. The maximum absolute atomic E-state index is 14.1. The smallest absolute Gasteiger partial charge is 0.192 e. The van der Waals surface area contributed by atoms with E-state index in [0.29, 0.717) is 19.0 Å². The largest absolute Gasteiger partial charge is 0.494 e. The maximum atomic E-state index is 14.1. The molecule has 160 valence electrons. The molecule has 0 spiro atoms. The number of aliphatic imine (C=N–C) groups is 1. The molecule has 0 aliphatic heterocycles. The second-order valence-electron chi connectivity index (χ2n) is 6.73. The van der Waals surface area contributed by atoms with Crippen molar-refractivity contribution < 1.29 is 9.13 Å². The van der Waals surface area contributed by atoms with Gasteiger partial charge in [0.2, 0.25) is 0 Å². The number of nitrogens with one attached hydrogen (secondary N) is 2. The van der Waals surface area contributed by atoms with Gasteiger partial charge in [-0.2, -0.15) is 0 Å². The van der Waals surface area contributed by atoms with Crippen LogP contribution in [0.15, 0.2) is 47.0 Å². The van der Waals surface area contributed by atoms with Crippen LogP contribution in [0.3, 0.4) is 0 Å². The van der Waals surface area contributed by atoms with Crippen LogP contribution in [0.5, 0.6) is 5.75 Å². The first kappa shape index (κ1) is 21.8. The first-order valence-corrected chi connectivity index (χ1v) is 10.8. The molecule has 0 bridgehead atoms. The van der Waals surface area contributed by atoms with E-state index in [0.717, 1.165) is 24.4 Å². The molecule has 0 aliphatic rings. The predicted octanol–water partition coefficient (Wildman–Crippen LogP) is 3.55. The number of nitrogens with zero attached hydrogens (tertiary/aromatic N) is 4. The molecule has 1 unspecified atom stereocenters. The standard InChI is InChI=1S/C21H27FN6OS/c1-4-20-27-25-14-28(20)10-9-23-21(24-13-17-6-5-11-30-17)26-15(2)16-7-8-19(29-3)18(22)12-16/h5-8,11-12,14-15H,4,9-10,13H2,1-3H3,(H2,23,24,26). The van der Waals surface area contributed by atoms with Gasteiger partial charge in [0.05, 0.1) is 19.7 Å². The van der Waals surface area contributed by atoms with Crippen molar-refractivity contribution in [3.05, 3.63) is 64.1 Å². The highest BCUT2D eigenvalue weighted by Crippen LogP contribution is 2.21. The number of rotatable bonds is 9. The second-order valence-corrected chi connectivity index (χ2v) is 7.76. The summed E-state index contributed by atoms with van der Waals surface area (Å²) < 4.78 is 21.1. The number of benzene rings is 1. The lowest BCUT2D eigenvalue weighted by atomic mass is 10.1. The van der Waals surface area contributed by atoms with E-state index in [1.807, 2.05) is 29.0 Å². The average Bonchev–Trinajstić information content (AvgIpc) is 3.43. The average molecular weight is 431 g/mol. The Hall–Kier alpha value is -2.94. The molecular weight excluding hydrogens is 403 g/mol. The van der Waals surface area contributed by atoms with Gasteiger partial charge in [0.25, 0.3) is 0 Å². The lowest BCUT2D eigenvalue weighted by Gasteiger charge is -2.19. The fourth-order valence-electron chi connectivity index (χ4n) is 2.99. The molecule has 2 heterocycles. The molecule has 30 heavy (non-hydrogen) atoms. The van der Waals surface area contributed by atoms with Gasteiger partial charge in [-0.3, -0.25) is 0 Å². The third-order valence-electron chi connectivity index (χ3n) is 4.66. The molecule has 1 aromatic carbocycles. The number of hydrogen-bond donors (Lipinski definition) is 2. The van der Waals surface area contributed by atoms with Gasteiger partial charge in [0.15, 0.2) is 17.5 Å². The summed E-state index contributed by atoms with van der Waals surface area (Å²) in [6, 6.07) is 8.90. The van der Waals surface area contributed by atoms with Crippen LogP contribution in [0, 0.1) is 5.82 Å². The van der Waals surface area contributed by atoms with E-state index in [4.69, 9.17) is 9.73 Å². The molecule has 2 aromatic heterocycles.